The summed E-state index contributed by atoms with van der Waals surface area (Å²) in [4.78, 5) is 2.59. The van der Waals surface area contributed by atoms with Crippen LogP contribution in [0.25, 0.3) is 0 Å². The van der Waals surface area contributed by atoms with E-state index in [1.807, 2.05) is 12.1 Å². The highest BCUT2D eigenvalue weighted by Crippen LogP contribution is 2.33. The molecule has 1 aliphatic rings. The zero-order chi connectivity index (χ0) is 17.8. The van der Waals surface area contributed by atoms with Gasteiger partial charge in [-0.1, -0.05) is 78.3 Å². The molecule has 0 aliphatic carbocycles. The fraction of sp³-hybridized carbons (Fsp3) is 0.250. The van der Waals surface area contributed by atoms with Gasteiger partial charge in [0.25, 0.3) is 0 Å². The van der Waals surface area contributed by atoms with Crippen LogP contribution in [0.5, 0.6) is 0 Å². The molecule has 1 atom stereocenters. The first-order valence-corrected chi connectivity index (χ1v) is 9.77. The van der Waals surface area contributed by atoms with E-state index >= 15 is 0 Å². The Morgan fingerprint density at radius 1 is 0.846 bits per heavy atom. The first kappa shape index (κ1) is 17.3. The maximum Gasteiger partial charge on any atom is 0.0406 e. The van der Waals surface area contributed by atoms with Crippen LogP contribution < -0.4 is 0 Å². The van der Waals surface area contributed by atoms with Gasteiger partial charge in [0.15, 0.2) is 0 Å². The first-order valence-electron chi connectivity index (χ1n) is 9.39. The summed E-state index contributed by atoms with van der Waals surface area (Å²) in [6.07, 6.45) is 2.23. The van der Waals surface area contributed by atoms with Crippen molar-refractivity contribution in [2.75, 3.05) is 13.1 Å². The lowest BCUT2D eigenvalue weighted by atomic mass is 9.87. The number of benzene rings is 3. The summed E-state index contributed by atoms with van der Waals surface area (Å²) in [5.74, 6) is 0.493. The minimum Gasteiger partial charge on any atom is -0.299 e. The van der Waals surface area contributed by atoms with Gasteiger partial charge in [-0.25, -0.2) is 0 Å². The fourth-order valence-electron chi connectivity index (χ4n) is 3.97. The fourth-order valence-corrected chi connectivity index (χ4v) is 4.09. The van der Waals surface area contributed by atoms with Gasteiger partial charge in [0, 0.05) is 24.0 Å². The van der Waals surface area contributed by atoms with Crippen LogP contribution in [-0.2, 0) is 13.0 Å². The highest BCUT2D eigenvalue weighted by Gasteiger charge is 2.23. The molecule has 2 heteroatoms. The smallest absolute Gasteiger partial charge is 0.0406 e. The molecule has 0 N–H and O–H groups in total. The Balaban J connectivity index is 1.52. The number of hydrogen-bond acceptors (Lipinski definition) is 1. The Hall–Kier alpha value is -2.09. The number of rotatable bonds is 4. The van der Waals surface area contributed by atoms with Crippen molar-refractivity contribution in [3.05, 3.63) is 106 Å². The molecule has 1 unspecified atom stereocenters. The van der Waals surface area contributed by atoms with E-state index in [2.05, 4.69) is 71.6 Å². The van der Waals surface area contributed by atoms with Crippen molar-refractivity contribution in [2.24, 2.45) is 0 Å². The molecule has 3 aromatic carbocycles. The van der Waals surface area contributed by atoms with Crippen LogP contribution in [0.2, 0.25) is 5.02 Å². The van der Waals surface area contributed by atoms with Crippen molar-refractivity contribution < 1.29 is 0 Å². The summed E-state index contributed by atoms with van der Waals surface area (Å²) in [5, 5.41) is 0.808. The van der Waals surface area contributed by atoms with Crippen molar-refractivity contribution in [1.29, 1.82) is 0 Å². The van der Waals surface area contributed by atoms with Gasteiger partial charge >= 0.3 is 0 Å². The summed E-state index contributed by atoms with van der Waals surface area (Å²) >= 11 is 6.00. The van der Waals surface area contributed by atoms with E-state index in [1.165, 1.54) is 28.7 Å². The molecule has 4 rings (SSSR count). The van der Waals surface area contributed by atoms with Crippen LogP contribution in [0.1, 0.15) is 34.6 Å². The Morgan fingerprint density at radius 3 is 2.38 bits per heavy atom. The Kier molecular flexibility index (Phi) is 5.38. The quantitative estimate of drug-likeness (QED) is 0.557. The molecular weight excluding hydrogens is 338 g/mol. The summed E-state index contributed by atoms with van der Waals surface area (Å²) in [6.45, 7) is 3.24. The molecule has 0 saturated carbocycles. The van der Waals surface area contributed by atoms with E-state index in [1.54, 1.807) is 0 Å². The average Bonchev–Trinajstić information content (AvgIpc) is 2.87. The molecule has 0 bridgehead atoms. The third kappa shape index (κ3) is 4.00. The summed E-state index contributed by atoms with van der Waals surface area (Å²) < 4.78 is 0. The maximum absolute atomic E-state index is 6.00. The second-order valence-corrected chi connectivity index (χ2v) is 7.54. The van der Waals surface area contributed by atoms with Crippen LogP contribution in [0.3, 0.4) is 0 Å². The van der Waals surface area contributed by atoms with Crippen molar-refractivity contribution in [2.45, 2.75) is 25.3 Å². The predicted molar refractivity (Wildman–Crippen MR) is 110 cm³/mol. The number of halogens is 1. The predicted octanol–water partition coefficient (Wildman–Crippen LogP) is 5.92. The third-order valence-electron chi connectivity index (χ3n) is 5.39. The van der Waals surface area contributed by atoms with Gasteiger partial charge in [-0.2, -0.15) is 0 Å². The SMILES string of the molecule is Clc1ccc(CCN2CCC(c3ccccc3)c3ccccc3C2)cc1. The lowest BCUT2D eigenvalue weighted by Gasteiger charge is -2.20. The highest BCUT2D eigenvalue weighted by atomic mass is 35.5. The zero-order valence-electron chi connectivity index (χ0n) is 14.9. The van der Waals surface area contributed by atoms with Crippen molar-refractivity contribution >= 4 is 11.6 Å². The molecule has 0 saturated heterocycles. The molecule has 132 valence electrons. The molecule has 0 spiro atoms. The Morgan fingerprint density at radius 2 is 1.58 bits per heavy atom. The summed E-state index contributed by atoms with van der Waals surface area (Å²) in [6, 6.07) is 28.2. The topological polar surface area (TPSA) is 3.24 Å². The summed E-state index contributed by atoms with van der Waals surface area (Å²) in [5.41, 5.74) is 5.74. The summed E-state index contributed by atoms with van der Waals surface area (Å²) in [7, 11) is 0. The van der Waals surface area contributed by atoms with Crippen molar-refractivity contribution in [3.63, 3.8) is 0 Å². The molecular formula is C24H24ClN. The Bertz CT molecular complexity index is 842. The first-order chi connectivity index (χ1) is 12.8. The van der Waals surface area contributed by atoms with Crippen LogP contribution in [0.4, 0.5) is 0 Å². The molecule has 0 radical (unpaired) electrons. The van der Waals surface area contributed by atoms with Gasteiger partial charge in [0.05, 0.1) is 0 Å². The number of fused-ring (bicyclic) bond motifs is 1. The van der Waals surface area contributed by atoms with Gasteiger partial charge in [-0.15, -0.1) is 0 Å². The van der Waals surface area contributed by atoms with Gasteiger partial charge in [0.2, 0.25) is 0 Å². The lowest BCUT2D eigenvalue weighted by Crippen LogP contribution is -2.26. The largest absolute Gasteiger partial charge is 0.299 e. The van der Waals surface area contributed by atoms with Crippen LogP contribution in [0.15, 0.2) is 78.9 Å². The minimum absolute atomic E-state index is 0.493. The number of hydrogen-bond donors (Lipinski definition) is 0. The second kappa shape index (κ2) is 8.07. The molecule has 26 heavy (non-hydrogen) atoms. The van der Waals surface area contributed by atoms with Gasteiger partial charge in [-0.3, -0.25) is 4.90 Å². The standard InChI is InChI=1S/C24H24ClN/c25-22-12-10-19(11-13-22)14-16-26-17-15-24(20-6-2-1-3-7-20)23-9-5-4-8-21(23)18-26/h1-13,24H,14-18H2. The molecule has 1 heterocycles. The highest BCUT2D eigenvalue weighted by molar-refractivity contribution is 6.30. The monoisotopic (exact) mass is 361 g/mol. The van der Waals surface area contributed by atoms with Crippen LogP contribution in [0, 0.1) is 0 Å². The van der Waals surface area contributed by atoms with E-state index in [4.69, 9.17) is 11.6 Å². The number of nitrogens with zero attached hydrogens (tertiary/aromatic N) is 1. The molecule has 0 fully saturated rings. The van der Waals surface area contributed by atoms with Crippen LogP contribution >= 0.6 is 11.6 Å². The van der Waals surface area contributed by atoms with Gasteiger partial charge < -0.3 is 0 Å². The van der Waals surface area contributed by atoms with E-state index in [-0.39, 0.29) is 0 Å². The Labute approximate surface area is 161 Å². The normalized spacial score (nSPS) is 17.5. The van der Waals surface area contributed by atoms with Crippen molar-refractivity contribution in [3.8, 4) is 0 Å². The van der Waals surface area contributed by atoms with E-state index in [0.717, 1.165) is 31.1 Å². The third-order valence-corrected chi connectivity index (χ3v) is 5.64. The maximum atomic E-state index is 6.00. The van der Waals surface area contributed by atoms with E-state index in [9.17, 15) is 0 Å². The van der Waals surface area contributed by atoms with E-state index in [0.29, 0.717) is 5.92 Å². The molecule has 3 aromatic rings. The van der Waals surface area contributed by atoms with Gasteiger partial charge in [0.1, 0.15) is 0 Å². The van der Waals surface area contributed by atoms with Crippen LogP contribution in [-0.4, -0.2) is 18.0 Å². The van der Waals surface area contributed by atoms with Crippen molar-refractivity contribution in [1.82, 2.24) is 4.90 Å². The van der Waals surface area contributed by atoms with E-state index < -0.39 is 0 Å². The second-order valence-electron chi connectivity index (χ2n) is 7.10. The lowest BCUT2D eigenvalue weighted by molar-refractivity contribution is 0.270. The minimum atomic E-state index is 0.493. The molecule has 0 amide bonds. The molecule has 1 aliphatic heterocycles. The molecule has 0 aromatic heterocycles. The molecule has 1 nitrogen and oxygen atoms in total. The van der Waals surface area contributed by atoms with Gasteiger partial charge in [-0.05, 0) is 53.8 Å². The zero-order valence-corrected chi connectivity index (χ0v) is 15.7. The average molecular weight is 362 g/mol.